The smallest absolute Gasteiger partial charge is 0.416 e. The molecule has 0 fully saturated rings. The summed E-state index contributed by atoms with van der Waals surface area (Å²) in [6.45, 7) is 4.63. The number of benzene rings is 3. The van der Waals surface area contributed by atoms with Crippen LogP contribution in [0.25, 0.3) is 0 Å². The summed E-state index contributed by atoms with van der Waals surface area (Å²) in [5, 5.41) is 13.5. The fraction of sp³-hybridized carbons (Fsp3) is 0.441. The van der Waals surface area contributed by atoms with Gasteiger partial charge in [0.2, 0.25) is 0 Å². The van der Waals surface area contributed by atoms with Crippen molar-refractivity contribution in [3.63, 3.8) is 0 Å². The van der Waals surface area contributed by atoms with Crippen molar-refractivity contribution in [2.45, 2.75) is 6.18 Å². The monoisotopic (exact) mass is 710 g/mol. The molecule has 3 aromatic carbocycles. The number of carbonyl (C=O) groups is 1. The van der Waals surface area contributed by atoms with E-state index in [-0.39, 0.29) is 36.8 Å². The van der Waals surface area contributed by atoms with Crippen LogP contribution in [0.4, 0.5) is 30.2 Å². The maximum atomic E-state index is 13.0. The van der Waals surface area contributed by atoms with Gasteiger partial charge < -0.3 is 43.2 Å². The summed E-state index contributed by atoms with van der Waals surface area (Å²) in [6.07, 6.45) is -4.48. The highest BCUT2D eigenvalue weighted by atomic mass is 19.4. The molecule has 0 saturated carbocycles. The Kier molecular flexibility index (Phi) is 18.6. The van der Waals surface area contributed by atoms with Gasteiger partial charge in [0.05, 0.1) is 101 Å². The average Bonchev–Trinajstić information content (AvgIpc) is 3.10. The number of esters is 1. The van der Waals surface area contributed by atoms with E-state index in [9.17, 15) is 28.1 Å². The van der Waals surface area contributed by atoms with Gasteiger partial charge in [0.25, 0.3) is 5.69 Å². The number of nitro benzene ring substituents is 1. The molecule has 0 unspecified atom stereocenters. The molecule has 0 saturated heterocycles. The van der Waals surface area contributed by atoms with Crippen LogP contribution < -0.4 is 10.1 Å². The number of hydrogen-bond donors (Lipinski definition) is 1. The fourth-order valence-corrected chi connectivity index (χ4v) is 4.05. The first-order valence-corrected chi connectivity index (χ1v) is 15.8. The number of nitro groups is 1. The quantitative estimate of drug-likeness (QED) is 0.0473. The average molecular weight is 711 g/mol. The second kappa shape index (κ2) is 23.2. The van der Waals surface area contributed by atoms with Gasteiger partial charge in [-0.2, -0.15) is 13.2 Å². The number of nitrogens with zero attached hydrogens (tertiary/aromatic N) is 1. The molecule has 0 aliphatic heterocycles. The van der Waals surface area contributed by atoms with Crippen molar-refractivity contribution in [2.24, 2.45) is 0 Å². The maximum Gasteiger partial charge on any atom is 0.416 e. The number of para-hydroxylation sites is 1. The van der Waals surface area contributed by atoms with Crippen LogP contribution in [0, 0.1) is 10.1 Å². The Hall–Kier alpha value is -4.32. The molecule has 0 aliphatic carbocycles. The lowest BCUT2D eigenvalue weighted by atomic mass is 10.1. The van der Waals surface area contributed by atoms with E-state index in [0.717, 1.165) is 12.1 Å². The van der Waals surface area contributed by atoms with Crippen LogP contribution in [-0.4, -0.2) is 103 Å². The standard InChI is InChI=1S/C34H41F3N2O11/c35-34(36,37)27-4-3-5-28(26-27)38-32-7-2-1-6-31(32)33(40)50-25-23-48-21-19-46-17-15-44-13-12-43-14-16-45-18-20-47-22-24-49-30-10-8-29(9-11-30)39(41)42/h1-11,26,38H,12-25H2. The molecule has 0 heterocycles. The molecule has 0 spiro atoms. The zero-order valence-corrected chi connectivity index (χ0v) is 27.4. The van der Waals surface area contributed by atoms with E-state index in [0.29, 0.717) is 84.1 Å². The molecule has 274 valence electrons. The zero-order valence-electron chi connectivity index (χ0n) is 27.4. The van der Waals surface area contributed by atoms with E-state index < -0.39 is 22.6 Å². The summed E-state index contributed by atoms with van der Waals surface area (Å²) < 4.78 is 82.4. The molecule has 3 rings (SSSR count). The number of halogens is 3. The van der Waals surface area contributed by atoms with Gasteiger partial charge in [-0.25, -0.2) is 4.79 Å². The van der Waals surface area contributed by atoms with Crippen LogP contribution in [0.1, 0.15) is 15.9 Å². The van der Waals surface area contributed by atoms with Crippen molar-refractivity contribution < 1.29 is 60.8 Å². The third-order valence-corrected chi connectivity index (χ3v) is 6.48. The van der Waals surface area contributed by atoms with Gasteiger partial charge in [0.1, 0.15) is 19.0 Å². The number of non-ortho nitro benzene ring substituents is 1. The molecule has 0 atom stereocenters. The number of nitrogens with one attached hydrogen (secondary N) is 1. The summed E-state index contributed by atoms with van der Waals surface area (Å²) in [6, 6.07) is 16.9. The Morgan fingerprint density at radius 3 is 1.66 bits per heavy atom. The van der Waals surface area contributed by atoms with Crippen LogP contribution in [0.3, 0.4) is 0 Å². The van der Waals surface area contributed by atoms with Crippen molar-refractivity contribution >= 4 is 23.0 Å². The number of ether oxygens (including phenoxy) is 8. The third kappa shape index (κ3) is 16.4. The van der Waals surface area contributed by atoms with Gasteiger partial charge in [-0.3, -0.25) is 10.1 Å². The largest absolute Gasteiger partial charge is 0.491 e. The van der Waals surface area contributed by atoms with Crippen molar-refractivity contribution in [3.05, 3.63) is 94.0 Å². The van der Waals surface area contributed by atoms with Crippen LogP contribution in [0.2, 0.25) is 0 Å². The second-order valence-electron chi connectivity index (χ2n) is 10.2. The van der Waals surface area contributed by atoms with Crippen LogP contribution in [0.15, 0.2) is 72.8 Å². The third-order valence-electron chi connectivity index (χ3n) is 6.48. The first-order valence-electron chi connectivity index (χ1n) is 15.8. The molecular weight excluding hydrogens is 669 g/mol. The maximum absolute atomic E-state index is 13.0. The number of carbonyl (C=O) groups excluding carboxylic acids is 1. The van der Waals surface area contributed by atoms with Gasteiger partial charge in [0.15, 0.2) is 0 Å². The molecule has 13 nitrogen and oxygen atoms in total. The molecule has 50 heavy (non-hydrogen) atoms. The summed E-state index contributed by atoms with van der Waals surface area (Å²) in [5.74, 6) is -0.106. The highest BCUT2D eigenvalue weighted by molar-refractivity contribution is 5.96. The lowest BCUT2D eigenvalue weighted by molar-refractivity contribution is -0.384. The minimum atomic E-state index is -4.48. The Bertz CT molecular complexity index is 1410. The SMILES string of the molecule is O=C(OCCOCCOCCOCCOCCOCCOCCOc1ccc([N+](=O)[O-])cc1)c1ccccc1Nc1cccc(C(F)(F)F)c1. The Morgan fingerprint density at radius 2 is 1.14 bits per heavy atom. The molecule has 16 heteroatoms. The topological polar surface area (TPSA) is 146 Å². The highest BCUT2D eigenvalue weighted by Crippen LogP contribution is 2.32. The van der Waals surface area contributed by atoms with Gasteiger partial charge >= 0.3 is 12.1 Å². The zero-order chi connectivity index (χ0) is 35.9. The lowest BCUT2D eigenvalue weighted by Crippen LogP contribution is -2.15. The molecule has 0 amide bonds. The summed E-state index contributed by atoms with van der Waals surface area (Å²) in [5.41, 5.74) is -0.115. The summed E-state index contributed by atoms with van der Waals surface area (Å²) in [7, 11) is 0. The van der Waals surface area contributed by atoms with E-state index in [2.05, 4.69) is 5.32 Å². The predicted octanol–water partition coefficient (Wildman–Crippen LogP) is 5.69. The van der Waals surface area contributed by atoms with Crippen LogP contribution in [-0.2, 0) is 39.3 Å². The van der Waals surface area contributed by atoms with Crippen molar-refractivity contribution in [1.29, 1.82) is 0 Å². The van der Waals surface area contributed by atoms with Gasteiger partial charge in [-0.1, -0.05) is 18.2 Å². The minimum Gasteiger partial charge on any atom is -0.491 e. The Balaban J connectivity index is 1.08. The molecule has 0 radical (unpaired) electrons. The number of anilines is 2. The van der Waals surface area contributed by atoms with Crippen molar-refractivity contribution in [3.8, 4) is 5.75 Å². The van der Waals surface area contributed by atoms with Gasteiger partial charge in [-0.15, -0.1) is 0 Å². The molecule has 0 aromatic heterocycles. The molecule has 3 aromatic rings. The summed E-state index contributed by atoms with van der Waals surface area (Å²) in [4.78, 5) is 22.7. The molecule has 0 aliphatic rings. The lowest BCUT2D eigenvalue weighted by Gasteiger charge is -2.13. The fourth-order valence-electron chi connectivity index (χ4n) is 4.05. The van der Waals surface area contributed by atoms with Gasteiger partial charge in [0, 0.05) is 17.8 Å². The molecule has 1 N–H and O–H groups in total. The van der Waals surface area contributed by atoms with E-state index in [4.69, 9.17) is 37.9 Å². The number of hydrogen-bond acceptors (Lipinski definition) is 12. The number of rotatable bonds is 26. The van der Waals surface area contributed by atoms with E-state index in [1.807, 2.05) is 0 Å². The van der Waals surface area contributed by atoms with Crippen molar-refractivity contribution in [2.75, 3.05) is 97.8 Å². The van der Waals surface area contributed by atoms with E-state index in [1.54, 1.807) is 18.2 Å². The number of alkyl halides is 3. The second-order valence-corrected chi connectivity index (χ2v) is 10.2. The Morgan fingerprint density at radius 1 is 0.640 bits per heavy atom. The van der Waals surface area contributed by atoms with Crippen LogP contribution >= 0.6 is 0 Å². The summed E-state index contributed by atoms with van der Waals surface area (Å²) >= 11 is 0. The van der Waals surface area contributed by atoms with Gasteiger partial charge in [-0.05, 0) is 42.5 Å². The highest BCUT2D eigenvalue weighted by Gasteiger charge is 2.30. The normalized spacial score (nSPS) is 11.3. The van der Waals surface area contributed by atoms with E-state index >= 15 is 0 Å². The minimum absolute atomic E-state index is 0.00576. The Labute approximate surface area is 287 Å². The predicted molar refractivity (Wildman–Crippen MR) is 175 cm³/mol. The first-order chi connectivity index (χ1) is 24.2. The van der Waals surface area contributed by atoms with Crippen molar-refractivity contribution in [1.82, 2.24) is 0 Å². The first kappa shape index (κ1) is 40.1. The molecule has 0 bridgehead atoms. The molecular formula is C34H41F3N2O11. The van der Waals surface area contributed by atoms with Crippen LogP contribution in [0.5, 0.6) is 5.75 Å². The van der Waals surface area contributed by atoms with E-state index in [1.165, 1.54) is 42.5 Å².